The monoisotopic (exact) mass is 581 g/mol. The van der Waals surface area contributed by atoms with Gasteiger partial charge in [0, 0.05) is 32.5 Å². The second kappa shape index (κ2) is 15.3. The molecule has 220 valence electrons. The minimum absolute atomic E-state index is 0.0140. The molecule has 0 aromatic heterocycles. The molecule has 0 aliphatic rings. The van der Waals surface area contributed by atoms with Crippen LogP contribution in [0.4, 0.5) is 10.1 Å². The molecule has 0 spiro atoms. The Morgan fingerprint density at radius 3 is 2.24 bits per heavy atom. The van der Waals surface area contributed by atoms with E-state index < -0.39 is 21.9 Å². The molecule has 9 heteroatoms. The summed E-state index contributed by atoms with van der Waals surface area (Å²) in [6.07, 6.45) is 3.24. The average molecular weight is 582 g/mol. The predicted molar refractivity (Wildman–Crippen MR) is 161 cm³/mol. The van der Waals surface area contributed by atoms with Gasteiger partial charge in [-0.25, -0.2) is 12.8 Å². The molecular weight excluding hydrogens is 541 g/mol. The van der Waals surface area contributed by atoms with Crippen LogP contribution >= 0.6 is 0 Å². The lowest BCUT2D eigenvalue weighted by molar-refractivity contribution is -0.141. The fourth-order valence-electron chi connectivity index (χ4n) is 4.67. The van der Waals surface area contributed by atoms with E-state index >= 15 is 0 Å². The van der Waals surface area contributed by atoms with Crippen molar-refractivity contribution in [1.29, 1.82) is 0 Å². The molecule has 41 heavy (non-hydrogen) atoms. The molecule has 0 unspecified atom stereocenters. The molecule has 0 fully saturated rings. The lowest BCUT2D eigenvalue weighted by Crippen LogP contribution is -2.50. The zero-order chi connectivity index (χ0) is 29.8. The average Bonchev–Trinajstić information content (AvgIpc) is 2.94. The van der Waals surface area contributed by atoms with Crippen LogP contribution in [0.15, 0.2) is 78.9 Å². The van der Waals surface area contributed by atoms with E-state index in [2.05, 4.69) is 5.32 Å². The molecule has 0 saturated heterocycles. The molecule has 2 amide bonds. The number of sulfonamides is 1. The highest BCUT2D eigenvalue weighted by molar-refractivity contribution is 7.92. The van der Waals surface area contributed by atoms with E-state index in [1.54, 1.807) is 11.0 Å². The first kappa shape index (κ1) is 31.8. The molecule has 0 saturated carbocycles. The Balaban J connectivity index is 1.88. The first-order valence-electron chi connectivity index (χ1n) is 14.0. The number of unbranched alkanes of at least 4 members (excludes halogenated alkanes) is 1. The number of amides is 2. The number of anilines is 1. The van der Waals surface area contributed by atoms with Crippen molar-refractivity contribution < 1.29 is 22.4 Å². The van der Waals surface area contributed by atoms with Gasteiger partial charge in [-0.05, 0) is 48.6 Å². The highest BCUT2D eigenvalue weighted by Crippen LogP contribution is 2.23. The Hall–Kier alpha value is -3.72. The third-order valence-corrected chi connectivity index (χ3v) is 8.16. The van der Waals surface area contributed by atoms with Crippen LogP contribution in [-0.4, -0.2) is 50.5 Å². The first-order valence-corrected chi connectivity index (χ1v) is 15.8. The van der Waals surface area contributed by atoms with Gasteiger partial charge in [-0.1, -0.05) is 80.1 Å². The molecule has 0 aliphatic heterocycles. The third-order valence-electron chi connectivity index (χ3n) is 6.98. The van der Waals surface area contributed by atoms with Gasteiger partial charge in [-0.3, -0.25) is 13.9 Å². The number of halogens is 1. The standard InChI is InChI=1S/C32H40FN3O4S/c1-4-5-21-34-32(38)30(23-26-15-7-6-8-16-26)35(24-27-17-10-9-14-25(27)2)31(37)20-13-22-36(41(3,39)40)29-19-12-11-18-28(29)33/h6-12,14-19,30H,4-5,13,20-24H2,1-3H3,(H,34,38)/t30-/m0/s1. The third kappa shape index (κ3) is 9.42. The molecule has 1 N–H and O–H groups in total. The lowest BCUT2D eigenvalue weighted by Gasteiger charge is -2.32. The van der Waals surface area contributed by atoms with Crippen LogP contribution in [0, 0.1) is 12.7 Å². The molecule has 0 heterocycles. The largest absolute Gasteiger partial charge is 0.354 e. The topological polar surface area (TPSA) is 86.8 Å². The Kier molecular flexibility index (Phi) is 11.9. The van der Waals surface area contributed by atoms with Crippen molar-refractivity contribution in [2.75, 3.05) is 23.7 Å². The number of benzene rings is 3. The van der Waals surface area contributed by atoms with Gasteiger partial charge in [0.15, 0.2) is 0 Å². The van der Waals surface area contributed by atoms with Crippen molar-refractivity contribution in [3.8, 4) is 0 Å². The fraction of sp³-hybridized carbons (Fsp3) is 0.375. The SMILES string of the molecule is CCCCNC(=O)[C@H](Cc1ccccc1)N(Cc1ccccc1C)C(=O)CCCN(c1ccccc1F)S(C)(=O)=O. The molecule has 0 bridgehead atoms. The summed E-state index contributed by atoms with van der Waals surface area (Å²) in [5.41, 5.74) is 2.78. The molecule has 7 nitrogen and oxygen atoms in total. The van der Waals surface area contributed by atoms with Gasteiger partial charge in [0.05, 0.1) is 11.9 Å². The zero-order valence-corrected chi connectivity index (χ0v) is 24.9. The van der Waals surface area contributed by atoms with E-state index in [0.29, 0.717) is 13.0 Å². The van der Waals surface area contributed by atoms with Crippen molar-refractivity contribution in [3.05, 3.63) is 101 Å². The molecule has 0 aliphatic carbocycles. The summed E-state index contributed by atoms with van der Waals surface area (Å²) >= 11 is 0. The highest BCUT2D eigenvalue weighted by atomic mass is 32.2. The maximum atomic E-state index is 14.5. The van der Waals surface area contributed by atoms with Crippen LogP contribution in [0.3, 0.4) is 0 Å². The van der Waals surface area contributed by atoms with Gasteiger partial charge in [-0.2, -0.15) is 0 Å². The Morgan fingerprint density at radius 2 is 1.59 bits per heavy atom. The van der Waals surface area contributed by atoms with Crippen molar-refractivity contribution in [1.82, 2.24) is 10.2 Å². The van der Waals surface area contributed by atoms with Gasteiger partial charge in [0.25, 0.3) is 0 Å². The number of carbonyl (C=O) groups is 2. The van der Waals surface area contributed by atoms with Crippen molar-refractivity contribution in [2.24, 2.45) is 0 Å². The van der Waals surface area contributed by atoms with Crippen LogP contribution in [0.1, 0.15) is 49.3 Å². The lowest BCUT2D eigenvalue weighted by atomic mass is 10.0. The Labute approximate surface area is 243 Å². The number of carbonyl (C=O) groups excluding carboxylic acids is 2. The van der Waals surface area contributed by atoms with Gasteiger partial charge in [0.1, 0.15) is 11.9 Å². The number of nitrogens with one attached hydrogen (secondary N) is 1. The predicted octanol–water partition coefficient (Wildman–Crippen LogP) is 5.24. The highest BCUT2D eigenvalue weighted by Gasteiger charge is 2.31. The fourth-order valence-corrected chi connectivity index (χ4v) is 5.63. The summed E-state index contributed by atoms with van der Waals surface area (Å²) in [6, 6.07) is 22.2. The number of nitrogens with zero attached hydrogens (tertiary/aromatic N) is 2. The Bertz CT molecular complexity index is 1400. The summed E-state index contributed by atoms with van der Waals surface area (Å²) in [4.78, 5) is 29.0. The quantitative estimate of drug-likeness (QED) is 0.249. The summed E-state index contributed by atoms with van der Waals surface area (Å²) in [6.45, 7) is 4.68. The maximum Gasteiger partial charge on any atom is 0.243 e. The van der Waals surface area contributed by atoms with Gasteiger partial charge in [0.2, 0.25) is 21.8 Å². The zero-order valence-electron chi connectivity index (χ0n) is 24.1. The van der Waals surface area contributed by atoms with Crippen LogP contribution in [0.25, 0.3) is 0 Å². The number of hydrogen-bond acceptors (Lipinski definition) is 4. The van der Waals surface area contributed by atoms with E-state index in [9.17, 15) is 22.4 Å². The maximum absolute atomic E-state index is 14.5. The van der Waals surface area contributed by atoms with Gasteiger partial charge in [-0.15, -0.1) is 0 Å². The van der Waals surface area contributed by atoms with Crippen molar-refractivity contribution in [3.63, 3.8) is 0 Å². The minimum Gasteiger partial charge on any atom is -0.354 e. The van der Waals surface area contributed by atoms with E-state index in [4.69, 9.17) is 0 Å². The van der Waals surface area contributed by atoms with Crippen molar-refractivity contribution in [2.45, 2.75) is 58.5 Å². The molecule has 0 radical (unpaired) electrons. The summed E-state index contributed by atoms with van der Waals surface area (Å²) in [5.74, 6) is -1.16. The van der Waals surface area contributed by atoms with Crippen molar-refractivity contribution >= 4 is 27.5 Å². The first-order chi connectivity index (χ1) is 19.6. The van der Waals surface area contributed by atoms with Gasteiger partial charge >= 0.3 is 0 Å². The molecule has 3 aromatic rings. The molecule has 3 rings (SSSR count). The van der Waals surface area contributed by atoms with E-state index in [1.165, 1.54) is 18.2 Å². The van der Waals surface area contributed by atoms with Gasteiger partial charge < -0.3 is 10.2 Å². The van der Waals surface area contributed by atoms with Crippen LogP contribution in [0.5, 0.6) is 0 Å². The number of para-hydroxylation sites is 1. The normalized spacial score (nSPS) is 12.0. The summed E-state index contributed by atoms with van der Waals surface area (Å²) in [5, 5.41) is 3.00. The van der Waals surface area contributed by atoms with Crippen LogP contribution < -0.4 is 9.62 Å². The molecular formula is C32H40FN3O4S. The Morgan fingerprint density at radius 1 is 0.927 bits per heavy atom. The van der Waals surface area contributed by atoms with E-state index in [0.717, 1.165) is 40.1 Å². The molecule has 1 atom stereocenters. The minimum atomic E-state index is -3.79. The van der Waals surface area contributed by atoms with Crippen LogP contribution in [-0.2, 0) is 32.6 Å². The smallest absolute Gasteiger partial charge is 0.243 e. The van der Waals surface area contributed by atoms with E-state index in [1.807, 2.05) is 68.4 Å². The summed E-state index contributed by atoms with van der Waals surface area (Å²) in [7, 11) is -3.79. The number of hydrogen-bond donors (Lipinski definition) is 1. The molecule has 3 aromatic carbocycles. The number of aryl methyl sites for hydroxylation is 1. The van der Waals surface area contributed by atoms with E-state index in [-0.39, 0.29) is 43.4 Å². The number of rotatable bonds is 15. The summed E-state index contributed by atoms with van der Waals surface area (Å²) < 4.78 is 40.5. The second-order valence-corrected chi connectivity index (χ2v) is 12.1. The second-order valence-electron chi connectivity index (χ2n) is 10.2. The van der Waals surface area contributed by atoms with Crippen LogP contribution in [0.2, 0.25) is 0 Å².